The van der Waals surface area contributed by atoms with E-state index in [0.717, 1.165) is 4.68 Å². The van der Waals surface area contributed by atoms with Crippen LogP contribution in [0.25, 0.3) is 0 Å². The third kappa shape index (κ3) is 5.06. The summed E-state index contributed by atoms with van der Waals surface area (Å²) < 4.78 is 1.15. The van der Waals surface area contributed by atoms with Crippen LogP contribution in [0.3, 0.4) is 0 Å². The molecule has 2 N–H and O–H groups in total. The summed E-state index contributed by atoms with van der Waals surface area (Å²) in [7, 11) is 1.51. The molecular weight excluding hydrogens is 296 g/mol. The zero-order valence-electron chi connectivity index (χ0n) is 12.8. The minimum absolute atomic E-state index is 0.161. The van der Waals surface area contributed by atoms with Gasteiger partial charge in [-0.05, 0) is 24.6 Å². The Morgan fingerprint density at radius 1 is 1.13 bits per heavy atom. The maximum absolute atomic E-state index is 11.8. The Hall–Kier alpha value is -2.96. The van der Waals surface area contributed by atoms with Gasteiger partial charge in [0, 0.05) is 31.6 Å². The number of benzene rings is 1. The average Bonchev–Trinajstić information content (AvgIpc) is 2.55. The smallest absolute Gasteiger partial charge is 0.266 e. The van der Waals surface area contributed by atoms with Gasteiger partial charge in [0.15, 0.2) is 5.82 Å². The van der Waals surface area contributed by atoms with Gasteiger partial charge < -0.3 is 10.6 Å². The summed E-state index contributed by atoms with van der Waals surface area (Å²) in [5.41, 5.74) is 0.345. The number of hydrogen-bond acceptors (Lipinski definition) is 4. The molecule has 120 valence electrons. The van der Waals surface area contributed by atoms with Crippen LogP contribution < -0.4 is 16.2 Å². The highest BCUT2D eigenvalue weighted by atomic mass is 16.2. The van der Waals surface area contributed by atoms with Gasteiger partial charge in [-0.15, -0.1) is 0 Å². The maximum atomic E-state index is 11.8. The Bertz CT molecular complexity index is 740. The summed E-state index contributed by atoms with van der Waals surface area (Å²) in [5, 5.41) is 9.27. The fourth-order valence-corrected chi connectivity index (χ4v) is 1.92. The lowest BCUT2D eigenvalue weighted by atomic mass is 10.2. The van der Waals surface area contributed by atoms with E-state index in [-0.39, 0.29) is 23.8 Å². The zero-order chi connectivity index (χ0) is 16.7. The minimum atomic E-state index is -0.244. The predicted octanol–water partition coefficient (Wildman–Crippen LogP) is 0.929. The topological polar surface area (TPSA) is 93.1 Å². The first-order chi connectivity index (χ1) is 11.1. The van der Waals surface area contributed by atoms with Crippen molar-refractivity contribution < 1.29 is 9.59 Å². The number of rotatable bonds is 6. The Labute approximate surface area is 133 Å². The van der Waals surface area contributed by atoms with Crippen molar-refractivity contribution in [2.24, 2.45) is 7.05 Å². The number of anilines is 1. The number of aromatic nitrogens is 2. The molecule has 7 heteroatoms. The Morgan fingerprint density at radius 2 is 1.87 bits per heavy atom. The molecule has 0 radical (unpaired) electrons. The summed E-state index contributed by atoms with van der Waals surface area (Å²) in [4.78, 5) is 34.8. The molecule has 0 aliphatic carbocycles. The van der Waals surface area contributed by atoms with Gasteiger partial charge in [-0.1, -0.05) is 18.2 Å². The molecule has 0 atom stereocenters. The fraction of sp³-hybridized carbons (Fsp3) is 0.250. The quantitative estimate of drug-likeness (QED) is 0.776. The van der Waals surface area contributed by atoms with Crippen molar-refractivity contribution in [3.63, 3.8) is 0 Å². The van der Waals surface area contributed by atoms with Gasteiger partial charge in [0.1, 0.15) is 0 Å². The van der Waals surface area contributed by atoms with Crippen LogP contribution in [0.4, 0.5) is 5.82 Å². The van der Waals surface area contributed by atoms with E-state index in [0.29, 0.717) is 24.3 Å². The number of nitrogens with one attached hydrogen (secondary N) is 2. The lowest BCUT2D eigenvalue weighted by Gasteiger charge is -2.06. The van der Waals surface area contributed by atoms with Gasteiger partial charge in [0.2, 0.25) is 5.91 Å². The molecule has 0 saturated heterocycles. The van der Waals surface area contributed by atoms with E-state index in [2.05, 4.69) is 15.7 Å². The second-order valence-corrected chi connectivity index (χ2v) is 4.95. The van der Waals surface area contributed by atoms with Crippen molar-refractivity contribution >= 4 is 17.6 Å². The van der Waals surface area contributed by atoms with E-state index in [4.69, 9.17) is 0 Å². The highest BCUT2D eigenvalue weighted by Crippen LogP contribution is 2.01. The van der Waals surface area contributed by atoms with Crippen LogP contribution in [0.5, 0.6) is 0 Å². The maximum Gasteiger partial charge on any atom is 0.266 e. The molecule has 1 aromatic heterocycles. The Kier molecular flexibility index (Phi) is 5.62. The molecule has 0 bridgehead atoms. The summed E-state index contributed by atoms with van der Waals surface area (Å²) >= 11 is 0. The number of nitrogens with zero attached hydrogens (tertiary/aromatic N) is 2. The lowest BCUT2D eigenvalue weighted by Crippen LogP contribution is -2.26. The minimum Gasteiger partial charge on any atom is -0.352 e. The Balaban J connectivity index is 1.71. The van der Waals surface area contributed by atoms with Crippen LogP contribution in [-0.4, -0.2) is 28.1 Å². The number of amides is 2. The van der Waals surface area contributed by atoms with E-state index in [1.807, 2.05) is 6.07 Å². The van der Waals surface area contributed by atoms with Crippen LogP contribution in [0.1, 0.15) is 23.2 Å². The molecule has 2 amide bonds. The highest BCUT2D eigenvalue weighted by molar-refractivity contribution is 5.94. The predicted molar refractivity (Wildman–Crippen MR) is 86.1 cm³/mol. The summed E-state index contributed by atoms with van der Waals surface area (Å²) in [6.07, 6.45) is 0.760. The molecule has 7 nitrogen and oxygen atoms in total. The molecule has 2 aromatic rings. The molecule has 1 heterocycles. The Morgan fingerprint density at radius 3 is 2.57 bits per heavy atom. The standard InChI is InChI=1S/C16H18N4O3/c1-20-15(22)10-9-13(19-20)18-14(21)8-5-11-17-16(23)12-6-3-2-4-7-12/h2-4,6-7,9-10H,5,8,11H2,1H3,(H,17,23)(H,18,19,21). The SMILES string of the molecule is Cn1nc(NC(=O)CCCNC(=O)c2ccccc2)ccc1=O. The van der Waals surface area contributed by atoms with Crippen molar-refractivity contribution in [2.45, 2.75) is 12.8 Å². The van der Waals surface area contributed by atoms with Crippen LogP contribution in [0, 0.1) is 0 Å². The van der Waals surface area contributed by atoms with E-state index in [1.54, 1.807) is 24.3 Å². The molecule has 0 unspecified atom stereocenters. The highest BCUT2D eigenvalue weighted by Gasteiger charge is 2.06. The molecule has 0 aliphatic rings. The third-order valence-corrected chi connectivity index (χ3v) is 3.13. The van der Waals surface area contributed by atoms with Crippen molar-refractivity contribution in [1.29, 1.82) is 0 Å². The van der Waals surface area contributed by atoms with Crippen molar-refractivity contribution in [1.82, 2.24) is 15.1 Å². The average molecular weight is 314 g/mol. The molecule has 0 fully saturated rings. The van der Waals surface area contributed by atoms with Crippen molar-refractivity contribution in [2.75, 3.05) is 11.9 Å². The molecule has 2 rings (SSSR count). The van der Waals surface area contributed by atoms with Crippen molar-refractivity contribution in [3.8, 4) is 0 Å². The van der Waals surface area contributed by atoms with Crippen LogP contribution in [-0.2, 0) is 11.8 Å². The first-order valence-corrected chi connectivity index (χ1v) is 7.24. The van der Waals surface area contributed by atoms with Gasteiger partial charge in [0.25, 0.3) is 11.5 Å². The zero-order valence-corrected chi connectivity index (χ0v) is 12.8. The molecule has 0 spiro atoms. The van der Waals surface area contributed by atoms with Crippen LogP contribution >= 0.6 is 0 Å². The third-order valence-electron chi connectivity index (χ3n) is 3.13. The van der Waals surface area contributed by atoms with Crippen LogP contribution in [0.2, 0.25) is 0 Å². The van der Waals surface area contributed by atoms with E-state index in [1.165, 1.54) is 19.2 Å². The molecule has 23 heavy (non-hydrogen) atoms. The summed E-state index contributed by atoms with van der Waals surface area (Å²) in [6, 6.07) is 11.7. The number of carbonyl (C=O) groups excluding carboxylic acids is 2. The molecular formula is C16H18N4O3. The molecule has 0 aliphatic heterocycles. The lowest BCUT2D eigenvalue weighted by molar-refractivity contribution is -0.116. The number of aryl methyl sites for hydroxylation is 1. The second kappa shape index (κ2) is 7.88. The first-order valence-electron chi connectivity index (χ1n) is 7.24. The normalized spacial score (nSPS) is 10.1. The first kappa shape index (κ1) is 16.4. The van der Waals surface area contributed by atoms with Gasteiger partial charge in [-0.2, -0.15) is 5.10 Å². The monoisotopic (exact) mass is 314 g/mol. The van der Waals surface area contributed by atoms with E-state index < -0.39 is 0 Å². The van der Waals surface area contributed by atoms with Gasteiger partial charge in [-0.25, -0.2) is 4.68 Å². The van der Waals surface area contributed by atoms with Gasteiger partial charge >= 0.3 is 0 Å². The second-order valence-electron chi connectivity index (χ2n) is 4.95. The van der Waals surface area contributed by atoms with E-state index in [9.17, 15) is 14.4 Å². The molecule has 0 saturated carbocycles. The fourth-order valence-electron chi connectivity index (χ4n) is 1.92. The number of hydrogen-bond donors (Lipinski definition) is 2. The van der Waals surface area contributed by atoms with Gasteiger partial charge in [-0.3, -0.25) is 14.4 Å². The van der Waals surface area contributed by atoms with E-state index >= 15 is 0 Å². The summed E-state index contributed by atoms with van der Waals surface area (Å²) in [6.45, 7) is 0.405. The van der Waals surface area contributed by atoms with Crippen LogP contribution in [0.15, 0.2) is 47.3 Å². The molecule has 1 aromatic carbocycles. The summed E-state index contributed by atoms with van der Waals surface area (Å²) in [5.74, 6) is -0.0544. The largest absolute Gasteiger partial charge is 0.352 e. The van der Waals surface area contributed by atoms with Crippen molar-refractivity contribution in [3.05, 3.63) is 58.4 Å². The van der Waals surface area contributed by atoms with Gasteiger partial charge in [0.05, 0.1) is 0 Å². The number of carbonyl (C=O) groups is 2.